The summed E-state index contributed by atoms with van der Waals surface area (Å²) in [5.41, 5.74) is -2.72. The molecule has 0 saturated heterocycles. The van der Waals surface area contributed by atoms with Crippen molar-refractivity contribution in [2.75, 3.05) is 6.61 Å². The van der Waals surface area contributed by atoms with Crippen LogP contribution in [0.3, 0.4) is 0 Å². The third-order valence-corrected chi connectivity index (χ3v) is 5.12. The Morgan fingerprint density at radius 1 is 0.667 bits per heavy atom. The van der Waals surface area contributed by atoms with Crippen molar-refractivity contribution in [3.63, 3.8) is 0 Å². The second-order valence-electron chi connectivity index (χ2n) is 7.98. The van der Waals surface area contributed by atoms with Crippen LogP contribution in [0, 0.1) is 37.1 Å². The van der Waals surface area contributed by atoms with Crippen LogP contribution in [-0.4, -0.2) is 6.61 Å². The molecule has 0 unspecified atom stereocenters. The number of halogens is 9. The van der Waals surface area contributed by atoms with Gasteiger partial charge in [0.25, 0.3) is 0 Å². The minimum atomic E-state index is -5.44. The van der Waals surface area contributed by atoms with E-state index in [0.29, 0.717) is 41.2 Å². The van der Waals surface area contributed by atoms with Gasteiger partial charge in [-0.25, -0.2) is 17.6 Å². The first-order chi connectivity index (χ1) is 16.7. The summed E-state index contributed by atoms with van der Waals surface area (Å²) < 4.78 is 134. The molecule has 0 amide bonds. The predicted molar refractivity (Wildman–Crippen MR) is 113 cm³/mol. The first kappa shape index (κ1) is 27.2. The van der Waals surface area contributed by atoms with Gasteiger partial charge < -0.3 is 9.47 Å². The van der Waals surface area contributed by atoms with Crippen LogP contribution in [0.5, 0.6) is 11.5 Å². The third kappa shape index (κ3) is 5.55. The van der Waals surface area contributed by atoms with Crippen molar-refractivity contribution in [1.29, 1.82) is 0 Å². The standard InChI is InChI=1S/C25H19F9O2/c1-4-5-35-23-12(2)6-14(7-13(23)3)15-8-17(26)22(18(27)9-15)25(33,34)36-16-10-19(28)21(20(29)11-16)24(30,31)32/h6-11H,4-5H2,1-3H3. The molecule has 0 spiro atoms. The van der Waals surface area contributed by atoms with Gasteiger partial charge in [-0.2, -0.15) is 22.0 Å². The van der Waals surface area contributed by atoms with Crippen LogP contribution in [0.2, 0.25) is 0 Å². The molecule has 0 fully saturated rings. The topological polar surface area (TPSA) is 18.5 Å². The highest BCUT2D eigenvalue weighted by atomic mass is 19.4. The van der Waals surface area contributed by atoms with E-state index in [-0.39, 0.29) is 17.7 Å². The molecule has 0 aliphatic heterocycles. The summed E-state index contributed by atoms with van der Waals surface area (Å²) in [5.74, 6) is -8.79. The zero-order valence-electron chi connectivity index (χ0n) is 19.1. The lowest BCUT2D eigenvalue weighted by Crippen LogP contribution is -2.25. The van der Waals surface area contributed by atoms with Gasteiger partial charge in [-0.05, 0) is 66.8 Å². The number of aryl methyl sites for hydroxylation is 2. The Hall–Kier alpha value is -3.37. The quantitative estimate of drug-likeness (QED) is 0.290. The maximum atomic E-state index is 14.7. The van der Waals surface area contributed by atoms with E-state index in [1.807, 2.05) is 6.92 Å². The summed E-state index contributed by atoms with van der Waals surface area (Å²) in [4.78, 5) is 0. The summed E-state index contributed by atoms with van der Waals surface area (Å²) >= 11 is 0. The maximum absolute atomic E-state index is 14.7. The van der Waals surface area contributed by atoms with Crippen LogP contribution in [0.4, 0.5) is 39.5 Å². The van der Waals surface area contributed by atoms with Crippen LogP contribution >= 0.6 is 0 Å². The highest BCUT2D eigenvalue weighted by molar-refractivity contribution is 5.68. The van der Waals surface area contributed by atoms with Gasteiger partial charge in [0.05, 0.1) is 6.61 Å². The third-order valence-electron chi connectivity index (χ3n) is 5.12. The van der Waals surface area contributed by atoms with Crippen molar-refractivity contribution in [2.45, 2.75) is 39.5 Å². The van der Waals surface area contributed by atoms with Gasteiger partial charge in [-0.15, -0.1) is 0 Å². The summed E-state index contributed by atoms with van der Waals surface area (Å²) in [6, 6.07) is 4.02. The van der Waals surface area contributed by atoms with E-state index in [1.54, 1.807) is 26.0 Å². The average molecular weight is 522 g/mol. The lowest BCUT2D eigenvalue weighted by atomic mass is 9.98. The summed E-state index contributed by atoms with van der Waals surface area (Å²) in [6.07, 6.45) is -9.52. The van der Waals surface area contributed by atoms with Gasteiger partial charge >= 0.3 is 12.3 Å². The van der Waals surface area contributed by atoms with Crippen LogP contribution < -0.4 is 9.47 Å². The van der Waals surface area contributed by atoms with Crippen LogP contribution in [-0.2, 0) is 12.3 Å². The molecule has 0 atom stereocenters. The largest absolute Gasteiger partial charge is 0.493 e. The Labute approximate surface area is 200 Å². The molecule has 0 aliphatic carbocycles. The molecular formula is C25H19F9O2. The number of alkyl halides is 5. The Morgan fingerprint density at radius 2 is 1.11 bits per heavy atom. The molecular weight excluding hydrogens is 503 g/mol. The van der Waals surface area contributed by atoms with Crippen LogP contribution in [0.1, 0.15) is 35.6 Å². The molecule has 0 saturated carbocycles. The zero-order chi connectivity index (χ0) is 27.0. The molecule has 36 heavy (non-hydrogen) atoms. The number of rotatable bonds is 7. The molecule has 0 aliphatic rings. The van der Waals surface area contributed by atoms with Crippen molar-refractivity contribution in [3.05, 3.63) is 81.9 Å². The van der Waals surface area contributed by atoms with Crippen molar-refractivity contribution >= 4 is 0 Å². The molecule has 194 valence electrons. The Bertz CT molecular complexity index is 1210. The number of ether oxygens (including phenoxy) is 2. The van der Waals surface area contributed by atoms with Gasteiger partial charge in [0, 0.05) is 12.1 Å². The molecule has 3 aromatic carbocycles. The van der Waals surface area contributed by atoms with E-state index >= 15 is 0 Å². The van der Waals surface area contributed by atoms with Gasteiger partial charge in [-0.3, -0.25) is 0 Å². The number of hydrogen-bond donors (Lipinski definition) is 0. The smallest absolute Gasteiger partial charge is 0.432 e. The SMILES string of the molecule is CCCOc1c(C)cc(-c2cc(F)c(C(F)(F)Oc3cc(F)c(C(F)(F)F)c(F)c3)c(F)c2)cc1C. The normalized spacial score (nSPS) is 12.1. The maximum Gasteiger partial charge on any atom is 0.432 e. The molecule has 0 bridgehead atoms. The monoisotopic (exact) mass is 522 g/mol. The van der Waals surface area contributed by atoms with Crippen molar-refractivity contribution < 1.29 is 49.0 Å². The minimum absolute atomic E-state index is 0.0931. The van der Waals surface area contributed by atoms with E-state index < -0.39 is 52.4 Å². The highest BCUT2D eigenvalue weighted by Crippen LogP contribution is 2.40. The van der Waals surface area contributed by atoms with Crippen LogP contribution in [0.15, 0.2) is 36.4 Å². The first-order valence-electron chi connectivity index (χ1n) is 10.5. The fourth-order valence-corrected chi connectivity index (χ4v) is 3.65. The molecule has 0 aromatic heterocycles. The highest BCUT2D eigenvalue weighted by Gasteiger charge is 2.43. The van der Waals surface area contributed by atoms with E-state index in [1.165, 1.54) is 0 Å². The molecule has 11 heteroatoms. The second-order valence-corrected chi connectivity index (χ2v) is 7.98. The second kappa shape index (κ2) is 9.94. The van der Waals surface area contributed by atoms with Crippen molar-refractivity contribution in [1.82, 2.24) is 0 Å². The molecule has 3 aromatic rings. The van der Waals surface area contributed by atoms with Crippen LogP contribution in [0.25, 0.3) is 11.1 Å². The average Bonchev–Trinajstić information content (AvgIpc) is 2.70. The van der Waals surface area contributed by atoms with Gasteiger partial charge in [-0.1, -0.05) is 6.92 Å². The van der Waals surface area contributed by atoms with E-state index in [9.17, 15) is 39.5 Å². The van der Waals surface area contributed by atoms with Crippen molar-refractivity contribution in [3.8, 4) is 22.6 Å². The van der Waals surface area contributed by atoms with Crippen molar-refractivity contribution in [2.24, 2.45) is 0 Å². The fourth-order valence-electron chi connectivity index (χ4n) is 3.65. The van der Waals surface area contributed by atoms with E-state index in [0.717, 1.165) is 6.42 Å². The molecule has 0 N–H and O–H groups in total. The molecule has 0 radical (unpaired) electrons. The summed E-state index contributed by atoms with van der Waals surface area (Å²) in [6.45, 7) is 5.76. The molecule has 0 heterocycles. The van der Waals surface area contributed by atoms with Gasteiger partial charge in [0.2, 0.25) is 0 Å². The Kier molecular flexibility index (Phi) is 7.52. The predicted octanol–water partition coefficient (Wildman–Crippen LogP) is 8.46. The summed E-state index contributed by atoms with van der Waals surface area (Å²) in [5, 5.41) is 0. The van der Waals surface area contributed by atoms with Gasteiger partial charge in [0.15, 0.2) is 0 Å². The first-order valence-corrected chi connectivity index (χ1v) is 10.5. The lowest BCUT2D eigenvalue weighted by molar-refractivity contribution is -0.189. The Balaban J connectivity index is 1.97. The van der Waals surface area contributed by atoms with Gasteiger partial charge in [0.1, 0.15) is 45.9 Å². The fraction of sp³-hybridized carbons (Fsp3) is 0.280. The zero-order valence-corrected chi connectivity index (χ0v) is 19.1. The summed E-state index contributed by atoms with van der Waals surface area (Å²) in [7, 11) is 0. The molecule has 3 rings (SSSR count). The minimum Gasteiger partial charge on any atom is -0.493 e. The Morgan fingerprint density at radius 3 is 1.56 bits per heavy atom. The van der Waals surface area contributed by atoms with E-state index in [2.05, 4.69) is 4.74 Å². The number of benzene rings is 3. The lowest BCUT2D eigenvalue weighted by Gasteiger charge is -2.21. The molecule has 2 nitrogen and oxygen atoms in total. The number of hydrogen-bond acceptors (Lipinski definition) is 2. The van der Waals surface area contributed by atoms with E-state index in [4.69, 9.17) is 4.74 Å².